The van der Waals surface area contributed by atoms with Gasteiger partial charge in [-0.2, -0.15) is 0 Å². The van der Waals surface area contributed by atoms with Gasteiger partial charge in [-0.05, 0) is 72.5 Å². The van der Waals surface area contributed by atoms with Crippen molar-refractivity contribution in [3.63, 3.8) is 0 Å². The number of nitrogens with zero attached hydrogens (tertiary/aromatic N) is 1. The monoisotopic (exact) mass is 293 g/mol. The maximum Gasteiger partial charge on any atom is 0.123 e. The minimum atomic E-state index is -0.208. The molecule has 3 aromatic rings. The van der Waals surface area contributed by atoms with E-state index < -0.39 is 0 Å². The molecule has 0 spiro atoms. The Morgan fingerprint density at radius 1 is 0.818 bits per heavy atom. The molecule has 0 atom stereocenters. The molecule has 3 rings (SSSR count). The molecule has 0 saturated heterocycles. The Labute approximate surface area is 131 Å². The third-order valence-corrected chi connectivity index (χ3v) is 4.03. The molecule has 0 radical (unpaired) electrons. The largest absolute Gasteiger partial charge is 0.314 e. The topological polar surface area (TPSA) is 4.93 Å². The maximum absolute atomic E-state index is 13.1. The molecule has 0 aliphatic rings. The van der Waals surface area contributed by atoms with Crippen molar-refractivity contribution in [3.8, 4) is 16.9 Å². The SMILES string of the molecule is Cc1ccc(-c2ccc(F)cc2)n1-c1ccc(C(C)C)cc1. The molecule has 22 heavy (non-hydrogen) atoms. The predicted octanol–water partition coefficient (Wildman–Crippen LogP) is 5.72. The van der Waals surface area contributed by atoms with Gasteiger partial charge in [0.25, 0.3) is 0 Å². The van der Waals surface area contributed by atoms with E-state index in [1.807, 2.05) is 12.1 Å². The van der Waals surface area contributed by atoms with Gasteiger partial charge >= 0.3 is 0 Å². The molecule has 0 aliphatic carbocycles. The van der Waals surface area contributed by atoms with E-state index in [1.54, 1.807) is 0 Å². The lowest BCUT2D eigenvalue weighted by Gasteiger charge is -2.14. The maximum atomic E-state index is 13.1. The Hall–Kier alpha value is -2.35. The lowest BCUT2D eigenvalue weighted by atomic mass is 10.0. The summed E-state index contributed by atoms with van der Waals surface area (Å²) in [7, 11) is 0. The molecule has 1 nitrogen and oxygen atoms in total. The van der Waals surface area contributed by atoms with E-state index in [9.17, 15) is 4.39 Å². The molecule has 1 aromatic heterocycles. The summed E-state index contributed by atoms with van der Waals surface area (Å²) in [5.74, 6) is 0.316. The molecule has 0 fully saturated rings. The third-order valence-electron chi connectivity index (χ3n) is 4.03. The Morgan fingerprint density at radius 3 is 2.05 bits per heavy atom. The van der Waals surface area contributed by atoms with Crippen LogP contribution in [0.15, 0.2) is 60.7 Å². The molecule has 0 saturated carbocycles. The van der Waals surface area contributed by atoms with E-state index in [0.717, 1.165) is 22.6 Å². The molecule has 2 aromatic carbocycles. The lowest BCUT2D eigenvalue weighted by molar-refractivity contribution is 0.628. The van der Waals surface area contributed by atoms with Crippen LogP contribution in [-0.2, 0) is 0 Å². The summed E-state index contributed by atoms with van der Waals surface area (Å²) in [6.07, 6.45) is 0. The second-order valence-electron chi connectivity index (χ2n) is 5.95. The summed E-state index contributed by atoms with van der Waals surface area (Å²) >= 11 is 0. The smallest absolute Gasteiger partial charge is 0.123 e. The molecule has 0 N–H and O–H groups in total. The van der Waals surface area contributed by atoms with E-state index in [-0.39, 0.29) is 5.82 Å². The van der Waals surface area contributed by atoms with Gasteiger partial charge in [-0.25, -0.2) is 4.39 Å². The normalized spacial score (nSPS) is 11.1. The van der Waals surface area contributed by atoms with Crippen LogP contribution >= 0.6 is 0 Å². The van der Waals surface area contributed by atoms with Crippen molar-refractivity contribution in [1.29, 1.82) is 0 Å². The average Bonchev–Trinajstić information content (AvgIpc) is 2.90. The first-order valence-electron chi connectivity index (χ1n) is 7.61. The van der Waals surface area contributed by atoms with Crippen LogP contribution in [0.2, 0.25) is 0 Å². The van der Waals surface area contributed by atoms with Crippen LogP contribution in [0.1, 0.15) is 31.0 Å². The summed E-state index contributed by atoms with van der Waals surface area (Å²) in [5, 5.41) is 0. The first-order valence-corrected chi connectivity index (χ1v) is 7.61. The van der Waals surface area contributed by atoms with Gasteiger partial charge in [0.15, 0.2) is 0 Å². The van der Waals surface area contributed by atoms with Gasteiger partial charge < -0.3 is 4.57 Å². The van der Waals surface area contributed by atoms with Crippen LogP contribution in [0, 0.1) is 12.7 Å². The highest BCUT2D eigenvalue weighted by Crippen LogP contribution is 2.27. The van der Waals surface area contributed by atoms with Crippen LogP contribution in [0.3, 0.4) is 0 Å². The second-order valence-corrected chi connectivity index (χ2v) is 5.95. The van der Waals surface area contributed by atoms with Crippen LogP contribution < -0.4 is 0 Å². The molecule has 2 heteroatoms. The van der Waals surface area contributed by atoms with E-state index in [4.69, 9.17) is 0 Å². The molecular formula is C20H20FN. The molecule has 0 bridgehead atoms. The predicted molar refractivity (Wildman–Crippen MR) is 90.0 cm³/mol. The number of hydrogen-bond donors (Lipinski definition) is 0. The zero-order chi connectivity index (χ0) is 15.7. The molecule has 0 amide bonds. The van der Waals surface area contributed by atoms with Crippen LogP contribution in [0.25, 0.3) is 16.9 Å². The summed E-state index contributed by atoms with van der Waals surface area (Å²) in [6, 6.07) is 19.5. The number of rotatable bonds is 3. The standard InChI is InChI=1S/C20H20FN/c1-14(2)16-7-11-19(12-8-16)22-15(3)4-13-20(22)17-5-9-18(21)10-6-17/h4-14H,1-3H3. The Bertz CT molecular complexity index is 764. The van der Waals surface area contributed by atoms with Crippen LogP contribution in [-0.4, -0.2) is 4.57 Å². The fourth-order valence-corrected chi connectivity index (χ4v) is 2.74. The average molecular weight is 293 g/mol. The number of halogens is 1. The van der Waals surface area contributed by atoms with Gasteiger partial charge in [0.2, 0.25) is 0 Å². The Balaban J connectivity index is 2.07. The van der Waals surface area contributed by atoms with E-state index >= 15 is 0 Å². The summed E-state index contributed by atoms with van der Waals surface area (Å²) in [5.41, 5.74) is 5.72. The summed E-state index contributed by atoms with van der Waals surface area (Å²) in [6.45, 7) is 6.48. The molecular weight excluding hydrogens is 273 g/mol. The van der Waals surface area contributed by atoms with Crippen LogP contribution in [0.4, 0.5) is 4.39 Å². The fourth-order valence-electron chi connectivity index (χ4n) is 2.74. The quantitative estimate of drug-likeness (QED) is 0.582. The van der Waals surface area contributed by atoms with Crippen molar-refractivity contribution >= 4 is 0 Å². The van der Waals surface area contributed by atoms with Crippen molar-refractivity contribution in [2.24, 2.45) is 0 Å². The molecule has 0 unspecified atom stereocenters. The van der Waals surface area contributed by atoms with Gasteiger partial charge in [0.1, 0.15) is 5.82 Å². The minimum absolute atomic E-state index is 0.208. The highest BCUT2D eigenvalue weighted by molar-refractivity contribution is 5.64. The van der Waals surface area contributed by atoms with Crippen molar-refractivity contribution in [1.82, 2.24) is 4.57 Å². The van der Waals surface area contributed by atoms with Crippen molar-refractivity contribution in [2.75, 3.05) is 0 Å². The molecule has 0 aliphatic heterocycles. The zero-order valence-electron chi connectivity index (χ0n) is 13.2. The Kier molecular flexibility index (Phi) is 3.84. The Morgan fingerprint density at radius 2 is 1.45 bits per heavy atom. The second kappa shape index (κ2) is 5.80. The highest BCUT2D eigenvalue weighted by Gasteiger charge is 2.10. The van der Waals surface area contributed by atoms with E-state index in [0.29, 0.717) is 5.92 Å². The van der Waals surface area contributed by atoms with E-state index in [2.05, 4.69) is 61.7 Å². The van der Waals surface area contributed by atoms with Gasteiger partial charge in [-0.1, -0.05) is 26.0 Å². The zero-order valence-corrected chi connectivity index (χ0v) is 13.2. The van der Waals surface area contributed by atoms with Crippen molar-refractivity contribution in [3.05, 3.63) is 77.7 Å². The highest BCUT2D eigenvalue weighted by atomic mass is 19.1. The van der Waals surface area contributed by atoms with Crippen LogP contribution in [0.5, 0.6) is 0 Å². The van der Waals surface area contributed by atoms with Crippen molar-refractivity contribution < 1.29 is 4.39 Å². The number of hydrogen-bond acceptors (Lipinski definition) is 0. The summed E-state index contributed by atoms with van der Waals surface area (Å²) in [4.78, 5) is 0. The van der Waals surface area contributed by atoms with Gasteiger partial charge in [-0.3, -0.25) is 0 Å². The first-order chi connectivity index (χ1) is 10.6. The lowest BCUT2D eigenvalue weighted by Crippen LogP contribution is -1.99. The molecule has 1 heterocycles. The molecule has 112 valence electrons. The van der Waals surface area contributed by atoms with Crippen molar-refractivity contribution in [2.45, 2.75) is 26.7 Å². The summed E-state index contributed by atoms with van der Waals surface area (Å²) < 4.78 is 15.4. The third kappa shape index (κ3) is 2.69. The number of aryl methyl sites for hydroxylation is 1. The fraction of sp³-hybridized carbons (Fsp3) is 0.200. The van der Waals surface area contributed by atoms with Gasteiger partial charge in [0.05, 0.1) is 5.69 Å². The van der Waals surface area contributed by atoms with Gasteiger partial charge in [-0.15, -0.1) is 0 Å². The van der Waals surface area contributed by atoms with E-state index in [1.165, 1.54) is 17.7 Å². The van der Waals surface area contributed by atoms with Gasteiger partial charge in [0, 0.05) is 11.4 Å². The first kappa shape index (κ1) is 14.6. The minimum Gasteiger partial charge on any atom is -0.314 e. The number of benzene rings is 2. The number of aromatic nitrogens is 1.